The number of nitrogens with one attached hydrogen (secondary N) is 1. The molecule has 0 radical (unpaired) electrons. The minimum absolute atomic E-state index is 0.758. The molecule has 18 heavy (non-hydrogen) atoms. The number of H-pyrrole nitrogens is 1. The molecule has 0 unspecified atom stereocenters. The molecule has 0 saturated carbocycles. The maximum Gasteiger partial charge on any atom is 0.328 e. The van der Waals surface area contributed by atoms with Gasteiger partial charge in [0.2, 0.25) is 0 Å². The Morgan fingerprint density at radius 3 is 2.72 bits per heavy atom. The van der Waals surface area contributed by atoms with Gasteiger partial charge in [0.25, 0.3) is 0 Å². The summed E-state index contributed by atoms with van der Waals surface area (Å²) in [6, 6.07) is 3.87. The molecule has 2 rings (SSSR count). The highest BCUT2D eigenvalue weighted by Gasteiger charge is 2.12. The van der Waals surface area contributed by atoms with Gasteiger partial charge >= 0.3 is 5.97 Å². The molecule has 0 amide bonds. The Morgan fingerprint density at radius 1 is 1.39 bits per heavy atom. The number of carbonyl (C=O) groups is 1. The fourth-order valence-electron chi connectivity index (χ4n) is 2.13. The smallest absolute Gasteiger partial charge is 0.328 e. The summed E-state index contributed by atoms with van der Waals surface area (Å²) < 4.78 is 5.30. The van der Waals surface area contributed by atoms with E-state index < -0.39 is 5.97 Å². The number of hydrogen-bond donors (Lipinski definition) is 2. The predicted octanol–water partition coefficient (Wildman–Crippen LogP) is 2.89. The molecule has 4 heteroatoms. The van der Waals surface area contributed by atoms with Gasteiger partial charge in [-0.05, 0) is 31.6 Å². The predicted molar refractivity (Wildman–Crippen MR) is 71.0 cm³/mol. The second-order valence-electron chi connectivity index (χ2n) is 4.17. The van der Waals surface area contributed by atoms with Crippen LogP contribution in [-0.4, -0.2) is 23.2 Å². The standard InChI is InChI=1S/C14H15NO3/c1-8-4-6-11(18-3)14-13(8)10(9(2)15-14)5-7-12(16)17/h4-7,15H,1-3H3,(H,16,17)/b7-5+. The third-order valence-electron chi connectivity index (χ3n) is 2.97. The number of aliphatic carboxylic acids is 1. The molecule has 0 fully saturated rings. The molecule has 0 saturated heterocycles. The maximum atomic E-state index is 10.6. The minimum atomic E-state index is -0.954. The topological polar surface area (TPSA) is 62.3 Å². The van der Waals surface area contributed by atoms with Gasteiger partial charge in [-0.1, -0.05) is 6.07 Å². The van der Waals surface area contributed by atoms with Gasteiger partial charge in [-0.2, -0.15) is 0 Å². The summed E-state index contributed by atoms with van der Waals surface area (Å²) >= 11 is 0. The van der Waals surface area contributed by atoms with Crippen LogP contribution >= 0.6 is 0 Å². The summed E-state index contributed by atoms with van der Waals surface area (Å²) in [5, 5.41) is 9.73. The van der Waals surface area contributed by atoms with Crippen LogP contribution in [-0.2, 0) is 4.79 Å². The fourth-order valence-corrected chi connectivity index (χ4v) is 2.13. The van der Waals surface area contributed by atoms with Crippen LogP contribution in [0.4, 0.5) is 0 Å². The summed E-state index contributed by atoms with van der Waals surface area (Å²) in [5.41, 5.74) is 3.80. The molecule has 2 N–H and O–H groups in total. The van der Waals surface area contributed by atoms with E-state index in [2.05, 4.69) is 4.98 Å². The first kappa shape index (κ1) is 12.2. The normalized spacial score (nSPS) is 11.3. The number of aryl methyl sites for hydroxylation is 2. The first-order valence-electron chi connectivity index (χ1n) is 5.61. The first-order chi connectivity index (χ1) is 8.54. The molecule has 0 aliphatic heterocycles. The van der Waals surface area contributed by atoms with Gasteiger partial charge in [0.1, 0.15) is 5.75 Å². The third kappa shape index (κ3) is 1.97. The summed E-state index contributed by atoms with van der Waals surface area (Å²) in [4.78, 5) is 13.9. The van der Waals surface area contributed by atoms with Crippen LogP contribution in [0, 0.1) is 13.8 Å². The Labute approximate surface area is 105 Å². The molecule has 1 aromatic carbocycles. The Bertz CT molecular complexity index is 638. The number of methoxy groups -OCH3 is 1. The van der Waals surface area contributed by atoms with Crippen LogP contribution in [0.3, 0.4) is 0 Å². The van der Waals surface area contributed by atoms with Crippen LogP contribution < -0.4 is 4.74 Å². The summed E-state index contributed by atoms with van der Waals surface area (Å²) in [5.74, 6) is -0.196. The van der Waals surface area contributed by atoms with Crippen molar-refractivity contribution in [3.8, 4) is 5.75 Å². The number of ether oxygens (including phenoxy) is 1. The summed E-state index contributed by atoms with van der Waals surface area (Å²) in [6.45, 7) is 3.91. The van der Waals surface area contributed by atoms with E-state index in [1.165, 1.54) is 0 Å². The van der Waals surface area contributed by atoms with Crippen molar-refractivity contribution in [3.63, 3.8) is 0 Å². The fraction of sp³-hybridized carbons (Fsp3) is 0.214. The van der Waals surface area contributed by atoms with Crippen LogP contribution in [0.5, 0.6) is 5.75 Å². The number of aromatic amines is 1. The lowest BCUT2D eigenvalue weighted by Gasteiger charge is -2.04. The lowest BCUT2D eigenvalue weighted by atomic mass is 10.0. The number of hydrogen-bond acceptors (Lipinski definition) is 2. The molecule has 0 spiro atoms. The van der Waals surface area contributed by atoms with E-state index in [9.17, 15) is 4.79 Å². The van der Waals surface area contributed by atoms with E-state index in [4.69, 9.17) is 9.84 Å². The maximum absolute atomic E-state index is 10.6. The van der Waals surface area contributed by atoms with Gasteiger partial charge in [0.15, 0.2) is 0 Å². The zero-order valence-electron chi connectivity index (χ0n) is 10.6. The minimum Gasteiger partial charge on any atom is -0.495 e. The Kier molecular flexibility index (Phi) is 3.10. The molecule has 94 valence electrons. The van der Waals surface area contributed by atoms with Crippen molar-refractivity contribution in [3.05, 3.63) is 35.0 Å². The van der Waals surface area contributed by atoms with Gasteiger partial charge in [-0.15, -0.1) is 0 Å². The number of aromatic nitrogens is 1. The second kappa shape index (κ2) is 4.56. The Morgan fingerprint density at radius 2 is 2.11 bits per heavy atom. The van der Waals surface area contributed by atoms with E-state index in [1.54, 1.807) is 13.2 Å². The SMILES string of the molecule is COc1ccc(C)c2c(/C=C/C(=O)O)c(C)[nH]c12. The van der Waals surface area contributed by atoms with Gasteiger partial charge in [-0.3, -0.25) is 0 Å². The lowest BCUT2D eigenvalue weighted by Crippen LogP contribution is -1.87. The molecule has 1 heterocycles. The van der Waals surface area contributed by atoms with E-state index in [0.29, 0.717) is 0 Å². The number of carboxylic acids is 1. The number of carboxylic acid groups (broad SMARTS) is 1. The van der Waals surface area contributed by atoms with Crippen LogP contribution in [0.1, 0.15) is 16.8 Å². The molecule has 0 aliphatic rings. The highest BCUT2D eigenvalue weighted by atomic mass is 16.5. The van der Waals surface area contributed by atoms with Crippen molar-refractivity contribution < 1.29 is 14.6 Å². The molecule has 0 aliphatic carbocycles. The second-order valence-corrected chi connectivity index (χ2v) is 4.17. The van der Waals surface area contributed by atoms with E-state index in [-0.39, 0.29) is 0 Å². The zero-order chi connectivity index (χ0) is 13.3. The number of fused-ring (bicyclic) bond motifs is 1. The molecule has 1 aromatic heterocycles. The molecule has 0 bridgehead atoms. The van der Waals surface area contributed by atoms with Crippen molar-refractivity contribution in [1.29, 1.82) is 0 Å². The lowest BCUT2D eigenvalue weighted by molar-refractivity contribution is -0.131. The van der Waals surface area contributed by atoms with Gasteiger partial charge in [0, 0.05) is 22.7 Å². The monoisotopic (exact) mass is 245 g/mol. The van der Waals surface area contributed by atoms with Gasteiger partial charge in [0.05, 0.1) is 12.6 Å². The highest BCUT2D eigenvalue weighted by Crippen LogP contribution is 2.32. The zero-order valence-corrected chi connectivity index (χ0v) is 10.6. The average molecular weight is 245 g/mol. The van der Waals surface area contributed by atoms with Crippen molar-refractivity contribution in [2.24, 2.45) is 0 Å². The quantitative estimate of drug-likeness (QED) is 0.817. The Balaban J connectivity index is 2.74. The first-order valence-corrected chi connectivity index (χ1v) is 5.61. The van der Waals surface area contributed by atoms with Crippen LogP contribution in [0.2, 0.25) is 0 Å². The van der Waals surface area contributed by atoms with E-state index >= 15 is 0 Å². The van der Waals surface area contributed by atoms with Crippen molar-refractivity contribution >= 4 is 22.9 Å². The van der Waals surface area contributed by atoms with Crippen LogP contribution in [0.25, 0.3) is 17.0 Å². The summed E-state index contributed by atoms with van der Waals surface area (Å²) in [6.07, 6.45) is 2.76. The largest absolute Gasteiger partial charge is 0.495 e. The highest BCUT2D eigenvalue weighted by molar-refractivity contribution is 5.98. The molecular weight excluding hydrogens is 230 g/mol. The van der Waals surface area contributed by atoms with Crippen molar-refractivity contribution in [2.75, 3.05) is 7.11 Å². The van der Waals surface area contributed by atoms with Crippen molar-refractivity contribution in [1.82, 2.24) is 4.98 Å². The number of rotatable bonds is 3. The van der Waals surface area contributed by atoms with Gasteiger partial charge in [-0.25, -0.2) is 4.79 Å². The van der Waals surface area contributed by atoms with Crippen molar-refractivity contribution in [2.45, 2.75) is 13.8 Å². The molecule has 4 nitrogen and oxygen atoms in total. The van der Waals surface area contributed by atoms with E-state index in [0.717, 1.165) is 39.5 Å². The average Bonchev–Trinajstić information content (AvgIpc) is 2.65. The summed E-state index contributed by atoms with van der Waals surface area (Å²) in [7, 11) is 1.62. The molecular formula is C14H15NO3. The van der Waals surface area contributed by atoms with E-state index in [1.807, 2.05) is 26.0 Å². The van der Waals surface area contributed by atoms with Gasteiger partial charge < -0.3 is 14.8 Å². The molecule has 0 atom stereocenters. The molecule has 2 aromatic rings. The number of benzene rings is 1. The van der Waals surface area contributed by atoms with Crippen LogP contribution in [0.15, 0.2) is 18.2 Å². The Hall–Kier alpha value is -2.23. The third-order valence-corrected chi connectivity index (χ3v) is 2.97.